The van der Waals surface area contributed by atoms with E-state index >= 15 is 0 Å². The molecule has 10 nitrogen and oxygen atoms in total. The highest BCUT2D eigenvalue weighted by molar-refractivity contribution is 6.23. The van der Waals surface area contributed by atoms with E-state index in [9.17, 15) is 14.4 Å². The van der Waals surface area contributed by atoms with Gasteiger partial charge >= 0.3 is 5.97 Å². The summed E-state index contributed by atoms with van der Waals surface area (Å²) in [6.45, 7) is 17.9. The Labute approximate surface area is 307 Å². The van der Waals surface area contributed by atoms with Crippen molar-refractivity contribution in [2.45, 2.75) is 130 Å². The van der Waals surface area contributed by atoms with Crippen LogP contribution in [-0.2, 0) is 14.3 Å². The average molecular weight is 710 g/mol. The molecule has 278 valence electrons. The molecule has 0 radical (unpaired) electrons. The lowest BCUT2D eigenvalue weighted by molar-refractivity contribution is -0.140. The maximum absolute atomic E-state index is 14.6. The van der Waals surface area contributed by atoms with Crippen LogP contribution in [0, 0.1) is 6.92 Å². The van der Waals surface area contributed by atoms with Crippen molar-refractivity contribution in [3.05, 3.63) is 69.1 Å². The number of allylic oxidation sites excluding steroid dienone is 1. The second-order valence-electron chi connectivity index (χ2n) is 14.9. The minimum Gasteiger partial charge on any atom is -0.469 e. The topological polar surface area (TPSA) is 130 Å². The first kappa shape index (κ1) is 37.4. The van der Waals surface area contributed by atoms with Crippen molar-refractivity contribution in [2.75, 3.05) is 20.3 Å². The molecular formula is C42H55N5O5. The highest BCUT2D eigenvalue weighted by Gasteiger charge is 2.41. The standard InChI is InChI=1S/C42H55N5O5/c1-10-13-17-47-41(49)37-25(7)32-20-33-27(12-3)22(4)29(43-33)21-34-36(26(8)52-18-14-11-2)24(6)31(44-34)19-30-23(5)28(15-16-35(48)51-9)39(45-30)38(42(47)50)40(37)46-32/h19-23,26-28,43,46H,10-18H2,1-9H3/t22-,23+,26+,27-,28+/m1/s1. The van der Waals surface area contributed by atoms with Gasteiger partial charge in [0.05, 0.1) is 46.9 Å². The molecule has 0 aliphatic carbocycles. The summed E-state index contributed by atoms with van der Waals surface area (Å²) in [4.78, 5) is 60.5. The monoisotopic (exact) mass is 709 g/mol. The van der Waals surface area contributed by atoms with Crippen molar-refractivity contribution in [1.29, 1.82) is 0 Å². The SMILES string of the molecule is CCCCO[C@@H](C)C1=C(C)c2cc3nc(c4c5[nH]c(cc6[nH]c(cc1n2)[C@H](C)[C@H]6CC)c(C)c5C(=O)N(CCCC)C4=O)[C@@H](CCC(=O)OC)[C@@H]3C. The number of nitrogens with one attached hydrogen (secondary N) is 2. The van der Waals surface area contributed by atoms with Crippen molar-refractivity contribution in [3.63, 3.8) is 0 Å². The fourth-order valence-electron chi connectivity index (χ4n) is 8.41. The summed E-state index contributed by atoms with van der Waals surface area (Å²) in [5.41, 5.74) is 10.3. The molecule has 2 aromatic heterocycles. The number of aromatic nitrogens is 4. The van der Waals surface area contributed by atoms with Crippen molar-refractivity contribution >= 4 is 40.0 Å². The van der Waals surface area contributed by atoms with E-state index in [2.05, 4.69) is 63.6 Å². The lowest BCUT2D eigenvalue weighted by Gasteiger charge is -2.27. The van der Waals surface area contributed by atoms with Crippen molar-refractivity contribution in [3.8, 4) is 0 Å². The Bertz CT molecular complexity index is 1990. The highest BCUT2D eigenvalue weighted by atomic mass is 16.5. The number of ether oxygens (including phenoxy) is 2. The summed E-state index contributed by atoms with van der Waals surface area (Å²) in [6, 6.07) is 6.34. The molecule has 10 heteroatoms. The number of methoxy groups -OCH3 is 1. The van der Waals surface area contributed by atoms with Crippen LogP contribution in [0.15, 0.2) is 18.2 Å². The maximum Gasteiger partial charge on any atom is 0.305 e. The summed E-state index contributed by atoms with van der Waals surface area (Å²) in [6.07, 6.45) is 4.94. The van der Waals surface area contributed by atoms with Gasteiger partial charge in [-0.25, -0.2) is 4.98 Å². The van der Waals surface area contributed by atoms with Crippen LogP contribution in [0.4, 0.5) is 0 Å². The molecule has 5 atom stereocenters. The summed E-state index contributed by atoms with van der Waals surface area (Å²) in [7, 11) is 1.39. The van der Waals surface area contributed by atoms with Gasteiger partial charge in [0.25, 0.3) is 11.8 Å². The quantitative estimate of drug-likeness (QED) is 0.128. The van der Waals surface area contributed by atoms with E-state index in [0.29, 0.717) is 48.3 Å². The largest absolute Gasteiger partial charge is 0.469 e. The predicted molar refractivity (Wildman–Crippen MR) is 204 cm³/mol. The van der Waals surface area contributed by atoms with Crippen LogP contribution in [0.2, 0.25) is 0 Å². The summed E-state index contributed by atoms with van der Waals surface area (Å²) >= 11 is 0. The molecule has 0 aromatic carbocycles. The predicted octanol–water partition coefficient (Wildman–Crippen LogP) is 9.02. The normalized spacial score (nSPS) is 21.1. The fraction of sp³-hybridized carbons (Fsp3) is 0.548. The van der Waals surface area contributed by atoms with Gasteiger partial charge in [0.2, 0.25) is 0 Å². The second-order valence-corrected chi connectivity index (χ2v) is 14.9. The van der Waals surface area contributed by atoms with Gasteiger partial charge in [-0.3, -0.25) is 24.3 Å². The molecular weight excluding hydrogens is 654 g/mol. The molecule has 4 aliphatic rings. The zero-order valence-electron chi connectivity index (χ0n) is 32.4. The highest BCUT2D eigenvalue weighted by Crippen LogP contribution is 2.45. The molecule has 0 unspecified atom stereocenters. The minimum absolute atomic E-state index is 0.138. The van der Waals surface area contributed by atoms with Crippen LogP contribution in [-0.4, -0.2) is 69.0 Å². The molecule has 2 aromatic rings. The third-order valence-electron chi connectivity index (χ3n) is 11.7. The van der Waals surface area contributed by atoms with E-state index in [1.54, 1.807) is 0 Å². The molecule has 0 spiro atoms. The second kappa shape index (κ2) is 15.3. The van der Waals surface area contributed by atoms with Gasteiger partial charge in [-0.2, -0.15) is 0 Å². The first-order valence-electron chi connectivity index (χ1n) is 19.3. The number of esters is 1. The lowest BCUT2D eigenvalue weighted by Crippen LogP contribution is -2.41. The van der Waals surface area contributed by atoms with Crippen LogP contribution < -0.4 is 0 Å². The third kappa shape index (κ3) is 6.59. The molecule has 8 bridgehead atoms. The number of nitrogens with zero attached hydrogens (tertiary/aromatic N) is 3. The number of H-pyrrole nitrogens is 2. The zero-order chi connectivity index (χ0) is 37.4. The number of amides is 2. The number of fused-ring (bicyclic) bond motifs is 8. The van der Waals surface area contributed by atoms with Crippen LogP contribution >= 0.6 is 0 Å². The zero-order valence-corrected chi connectivity index (χ0v) is 32.4. The molecule has 0 fully saturated rings. The Morgan fingerprint density at radius 2 is 1.63 bits per heavy atom. The number of unbranched alkanes of at least 4 members (excludes halogenated alkanes) is 2. The molecule has 6 heterocycles. The van der Waals surface area contributed by atoms with Gasteiger partial charge in [-0.1, -0.05) is 47.5 Å². The van der Waals surface area contributed by atoms with E-state index < -0.39 is 0 Å². The van der Waals surface area contributed by atoms with E-state index in [-0.39, 0.29) is 54.0 Å². The molecule has 6 rings (SSSR count). The molecule has 52 heavy (non-hydrogen) atoms. The number of rotatable bonds is 12. The van der Waals surface area contributed by atoms with Crippen molar-refractivity contribution in [1.82, 2.24) is 24.8 Å². The summed E-state index contributed by atoms with van der Waals surface area (Å²) in [5.74, 6) is -0.941. The number of imide groups is 1. The third-order valence-corrected chi connectivity index (χ3v) is 11.7. The van der Waals surface area contributed by atoms with E-state index in [1.165, 1.54) is 12.0 Å². The number of aryl methyl sites for hydroxylation is 1. The smallest absolute Gasteiger partial charge is 0.305 e. The number of hydrogen-bond acceptors (Lipinski definition) is 7. The Morgan fingerprint density at radius 1 is 0.904 bits per heavy atom. The van der Waals surface area contributed by atoms with Crippen LogP contribution in [0.1, 0.15) is 178 Å². The Kier molecular flexibility index (Phi) is 11.1. The van der Waals surface area contributed by atoms with E-state index in [0.717, 1.165) is 76.4 Å². The molecule has 2 amide bonds. The van der Waals surface area contributed by atoms with Crippen LogP contribution in [0.5, 0.6) is 0 Å². The molecule has 0 saturated carbocycles. The maximum atomic E-state index is 14.6. The Balaban J connectivity index is 1.72. The van der Waals surface area contributed by atoms with Gasteiger partial charge < -0.3 is 19.4 Å². The van der Waals surface area contributed by atoms with Crippen LogP contribution in [0.25, 0.3) is 22.2 Å². The van der Waals surface area contributed by atoms with Gasteiger partial charge in [0.1, 0.15) is 0 Å². The summed E-state index contributed by atoms with van der Waals surface area (Å²) < 4.78 is 11.4. The first-order chi connectivity index (χ1) is 24.9. The van der Waals surface area contributed by atoms with Gasteiger partial charge in [0, 0.05) is 71.4 Å². The molecule has 2 N–H and O–H groups in total. The van der Waals surface area contributed by atoms with Crippen LogP contribution in [0.3, 0.4) is 0 Å². The summed E-state index contributed by atoms with van der Waals surface area (Å²) in [5, 5.41) is 0. The number of carbonyl (C=O) groups is 3. The average Bonchev–Trinajstić information content (AvgIpc) is 3.80. The van der Waals surface area contributed by atoms with Gasteiger partial charge in [0.15, 0.2) is 0 Å². The first-order valence-corrected chi connectivity index (χ1v) is 19.3. The van der Waals surface area contributed by atoms with Gasteiger partial charge in [-0.05, 0) is 75.8 Å². The molecule has 0 saturated heterocycles. The Morgan fingerprint density at radius 3 is 2.33 bits per heavy atom. The molecule has 4 aliphatic heterocycles. The van der Waals surface area contributed by atoms with Crippen molar-refractivity contribution < 1.29 is 23.9 Å². The number of aromatic amines is 2. The minimum atomic E-state index is -0.350. The van der Waals surface area contributed by atoms with Gasteiger partial charge in [-0.15, -0.1) is 0 Å². The lowest BCUT2D eigenvalue weighted by atomic mass is 9.84. The van der Waals surface area contributed by atoms with Crippen molar-refractivity contribution in [2.24, 2.45) is 0 Å². The van der Waals surface area contributed by atoms with E-state index in [1.807, 2.05) is 19.9 Å². The van der Waals surface area contributed by atoms with E-state index in [4.69, 9.17) is 19.4 Å². The Hall–Kier alpha value is -4.31. The number of carbonyl (C=O) groups excluding carboxylic acids is 3. The fourth-order valence-corrected chi connectivity index (χ4v) is 8.41. The number of hydrogen-bond donors (Lipinski definition) is 2.